The van der Waals surface area contributed by atoms with Crippen molar-refractivity contribution < 1.29 is 9.21 Å². The summed E-state index contributed by atoms with van der Waals surface area (Å²) >= 11 is 0. The standard InChI is InChI=1S/C18H20N2O2/c1-3-7-13(12-19)20-18(21)11-10-15-14-8-5-6-9-17(14)22-16(15)4-2/h5-6,8-11,13H,3-4,7H2,1-2H3,(H,20,21)/b11-10-/t13-/m0/s1. The van der Waals surface area contributed by atoms with Crippen molar-refractivity contribution in [1.29, 1.82) is 5.26 Å². The van der Waals surface area contributed by atoms with Crippen molar-refractivity contribution in [3.05, 3.63) is 41.7 Å². The fourth-order valence-corrected chi connectivity index (χ4v) is 2.40. The third kappa shape index (κ3) is 3.56. The van der Waals surface area contributed by atoms with Crippen LogP contribution in [0.25, 0.3) is 17.0 Å². The molecule has 114 valence electrons. The highest BCUT2D eigenvalue weighted by Gasteiger charge is 2.11. The third-order valence-corrected chi connectivity index (χ3v) is 3.48. The number of carbonyl (C=O) groups excluding carboxylic acids is 1. The topological polar surface area (TPSA) is 66.0 Å². The monoisotopic (exact) mass is 296 g/mol. The lowest BCUT2D eigenvalue weighted by molar-refractivity contribution is -0.116. The Labute approximate surface area is 130 Å². The van der Waals surface area contributed by atoms with Gasteiger partial charge in [0.25, 0.3) is 0 Å². The largest absolute Gasteiger partial charge is 0.460 e. The minimum atomic E-state index is -0.436. The molecular weight excluding hydrogens is 276 g/mol. The number of hydrogen-bond donors (Lipinski definition) is 1. The van der Waals surface area contributed by atoms with E-state index < -0.39 is 6.04 Å². The highest BCUT2D eigenvalue weighted by atomic mass is 16.3. The van der Waals surface area contributed by atoms with Crippen molar-refractivity contribution >= 4 is 23.0 Å². The summed E-state index contributed by atoms with van der Waals surface area (Å²) in [5.41, 5.74) is 1.75. The number of benzene rings is 1. The molecular formula is C18H20N2O2. The molecule has 4 nitrogen and oxygen atoms in total. The Balaban J connectivity index is 2.19. The van der Waals surface area contributed by atoms with Gasteiger partial charge in [0.1, 0.15) is 17.4 Å². The molecule has 0 spiro atoms. The Bertz CT molecular complexity index is 722. The number of para-hydroxylation sites is 1. The van der Waals surface area contributed by atoms with Gasteiger partial charge in [-0.3, -0.25) is 4.79 Å². The summed E-state index contributed by atoms with van der Waals surface area (Å²) in [6.45, 7) is 4.00. The van der Waals surface area contributed by atoms with E-state index in [1.165, 1.54) is 6.08 Å². The van der Waals surface area contributed by atoms with Gasteiger partial charge < -0.3 is 9.73 Å². The summed E-state index contributed by atoms with van der Waals surface area (Å²) in [5, 5.41) is 12.7. The van der Waals surface area contributed by atoms with Crippen LogP contribution in [0.4, 0.5) is 0 Å². The SMILES string of the molecule is CCC[C@@H](C#N)NC(=O)/C=C\c1c(CC)oc2ccccc12. The van der Waals surface area contributed by atoms with Crippen molar-refractivity contribution in [1.82, 2.24) is 5.32 Å². The molecule has 2 rings (SSSR count). The van der Waals surface area contributed by atoms with Gasteiger partial charge in [0.05, 0.1) is 6.07 Å². The fraction of sp³-hybridized carbons (Fsp3) is 0.333. The van der Waals surface area contributed by atoms with Crippen LogP contribution in [0.5, 0.6) is 0 Å². The molecule has 0 aliphatic rings. The van der Waals surface area contributed by atoms with Gasteiger partial charge in [-0.2, -0.15) is 5.26 Å². The van der Waals surface area contributed by atoms with Crippen LogP contribution in [0.15, 0.2) is 34.8 Å². The first kappa shape index (κ1) is 15.8. The lowest BCUT2D eigenvalue weighted by Gasteiger charge is -2.07. The van der Waals surface area contributed by atoms with Gasteiger partial charge in [-0.05, 0) is 18.6 Å². The maximum atomic E-state index is 11.9. The molecule has 22 heavy (non-hydrogen) atoms. The quantitative estimate of drug-likeness (QED) is 0.824. The average molecular weight is 296 g/mol. The molecule has 0 unspecified atom stereocenters. The Kier molecular flexibility index (Phi) is 5.37. The Morgan fingerprint density at radius 1 is 1.41 bits per heavy atom. The lowest BCUT2D eigenvalue weighted by atomic mass is 10.1. The van der Waals surface area contributed by atoms with E-state index in [4.69, 9.17) is 9.68 Å². The van der Waals surface area contributed by atoms with Crippen molar-refractivity contribution in [2.45, 2.75) is 39.2 Å². The average Bonchev–Trinajstić information content (AvgIpc) is 2.90. The van der Waals surface area contributed by atoms with Crippen LogP contribution in [0.2, 0.25) is 0 Å². The van der Waals surface area contributed by atoms with E-state index in [2.05, 4.69) is 11.4 Å². The van der Waals surface area contributed by atoms with Gasteiger partial charge in [0.2, 0.25) is 5.91 Å². The summed E-state index contributed by atoms with van der Waals surface area (Å²) < 4.78 is 5.79. The second-order valence-electron chi connectivity index (χ2n) is 5.10. The zero-order valence-corrected chi connectivity index (χ0v) is 12.9. The zero-order chi connectivity index (χ0) is 15.9. The first-order chi connectivity index (χ1) is 10.7. The number of fused-ring (bicyclic) bond motifs is 1. The first-order valence-electron chi connectivity index (χ1n) is 7.58. The molecule has 0 saturated carbocycles. The van der Waals surface area contributed by atoms with Crippen LogP contribution in [-0.4, -0.2) is 11.9 Å². The van der Waals surface area contributed by atoms with Crippen LogP contribution in [0, 0.1) is 11.3 Å². The van der Waals surface area contributed by atoms with E-state index in [1.54, 1.807) is 6.08 Å². The molecule has 0 bridgehead atoms. The minimum Gasteiger partial charge on any atom is -0.460 e. The molecule has 1 aromatic carbocycles. The molecule has 1 amide bonds. The molecule has 1 aromatic heterocycles. The number of nitrogens with one attached hydrogen (secondary N) is 1. The Morgan fingerprint density at radius 2 is 2.18 bits per heavy atom. The normalized spacial score (nSPS) is 12.4. The van der Waals surface area contributed by atoms with Crippen LogP contribution in [-0.2, 0) is 11.2 Å². The molecule has 0 saturated heterocycles. The van der Waals surface area contributed by atoms with Gasteiger partial charge in [0.15, 0.2) is 0 Å². The number of rotatable bonds is 6. The van der Waals surface area contributed by atoms with Crippen LogP contribution in [0.1, 0.15) is 38.0 Å². The number of aryl methyl sites for hydroxylation is 1. The Hall–Kier alpha value is -2.54. The van der Waals surface area contributed by atoms with Crippen LogP contribution >= 0.6 is 0 Å². The van der Waals surface area contributed by atoms with Gasteiger partial charge >= 0.3 is 0 Å². The van der Waals surface area contributed by atoms with Gasteiger partial charge in [-0.15, -0.1) is 0 Å². The number of amides is 1. The number of furan rings is 1. The van der Waals surface area contributed by atoms with Gasteiger partial charge in [0, 0.05) is 23.4 Å². The molecule has 1 atom stereocenters. The van der Waals surface area contributed by atoms with Gasteiger partial charge in [-0.25, -0.2) is 0 Å². The van der Waals surface area contributed by atoms with E-state index in [1.807, 2.05) is 38.1 Å². The van der Waals surface area contributed by atoms with Crippen LogP contribution < -0.4 is 5.32 Å². The second kappa shape index (κ2) is 7.46. The number of carbonyl (C=O) groups is 1. The van der Waals surface area contributed by atoms with Crippen molar-refractivity contribution in [3.8, 4) is 6.07 Å². The molecule has 2 aromatic rings. The smallest absolute Gasteiger partial charge is 0.245 e. The second-order valence-corrected chi connectivity index (χ2v) is 5.10. The van der Waals surface area contributed by atoms with Crippen molar-refractivity contribution in [3.63, 3.8) is 0 Å². The molecule has 0 fully saturated rings. The number of nitrogens with zero attached hydrogens (tertiary/aromatic N) is 1. The van der Waals surface area contributed by atoms with Gasteiger partial charge in [-0.1, -0.05) is 38.5 Å². The lowest BCUT2D eigenvalue weighted by Crippen LogP contribution is -2.32. The van der Waals surface area contributed by atoms with Crippen molar-refractivity contribution in [2.24, 2.45) is 0 Å². The first-order valence-corrected chi connectivity index (χ1v) is 7.58. The highest BCUT2D eigenvalue weighted by Crippen LogP contribution is 2.27. The maximum absolute atomic E-state index is 11.9. The molecule has 4 heteroatoms. The number of hydrogen-bond acceptors (Lipinski definition) is 3. The summed E-state index contributed by atoms with van der Waals surface area (Å²) in [4.78, 5) is 11.9. The van der Waals surface area contributed by atoms with E-state index >= 15 is 0 Å². The van der Waals surface area contributed by atoms with Crippen LogP contribution in [0.3, 0.4) is 0 Å². The number of nitriles is 1. The van der Waals surface area contributed by atoms with E-state index in [9.17, 15) is 4.79 Å². The molecule has 0 aliphatic carbocycles. The van der Waals surface area contributed by atoms with Crippen molar-refractivity contribution in [2.75, 3.05) is 0 Å². The molecule has 1 N–H and O–H groups in total. The summed E-state index contributed by atoms with van der Waals surface area (Å²) in [7, 11) is 0. The summed E-state index contributed by atoms with van der Waals surface area (Å²) in [6, 6.07) is 9.42. The van der Waals surface area contributed by atoms with E-state index in [-0.39, 0.29) is 5.91 Å². The highest BCUT2D eigenvalue weighted by molar-refractivity contribution is 5.96. The minimum absolute atomic E-state index is 0.257. The summed E-state index contributed by atoms with van der Waals surface area (Å²) in [6.07, 6.45) is 5.50. The molecule has 1 heterocycles. The zero-order valence-electron chi connectivity index (χ0n) is 12.9. The predicted octanol–water partition coefficient (Wildman–Crippen LogP) is 3.82. The maximum Gasteiger partial charge on any atom is 0.245 e. The Morgan fingerprint density at radius 3 is 2.86 bits per heavy atom. The predicted molar refractivity (Wildman–Crippen MR) is 87.1 cm³/mol. The molecule has 0 aliphatic heterocycles. The van der Waals surface area contributed by atoms with E-state index in [0.717, 1.165) is 35.1 Å². The fourth-order valence-electron chi connectivity index (χ4n) is 2.40. The molecule has 0 radical (unpaired) electrons. The summed E-state index contributed by atoms with van der Waals surface area (Å²) in [5.74, 6) is 0.600. The third-order valence-electron chi connectivity index (χ3n) is 3.48. The van der Waals surface area contributed by atoms with E-state index in [0.29, 0.717) is 6.42 Å².